The van der Waals surface area contributed by atoms with Crippen LogP contribution in [-0.4, -0.2) is 17.3 Å². The average Bonchev–Trinajstić information content (AvgIpc) is 2.17. The zero-order valence-corrected chi connectivity index (χ0v) is 8.46. The van der Waals surface area contributed by atoms with Crippen LogP contribution in [0.15, 0.2) is 18.2 Å². The Morgan fingerprint density at radius 3 is 2.47 bits per heavy atom. The highest BCUT2D eigenvalue weighted by atomic mass is 19.4. The van der Waals surface area contributed by atoms with Crippen LogP contribution in [0.5, 0.6) is 0 Å². The molecule has 0 amide bonds. The van der Waals surface area contributed by atoms with Crippen LogP contribution in [0.1, 0.15) is 17.2 Å². The van der Waals surface area contributed by atoms with E-state index < -0.39 is 36.0 Å². The van der Waals surface area contributed by atoms with Gasteiger partial charge in [0.05, 0.1) is 6.42 Å². The third kappa shape index (κ3) is 3.42. The van der Waals surface area contributed by atoms with Gasteiger partial charge in [-0.15, -0.1) is 0 Å². The number of nitrogens with two attached hydrogens (primary N) is 1. The molecule has 3 nitrogen and oxygen atoms in total. The summed E-state index contributed by atoms with van der Waals surface area (Å²) in [6.45, 7) is 0. The third-order valence-corrected chi connectivity index (χ3v) is 2.14. The number of hydrogen-bond acceptors (Lipinski definition) is 2. The van der Waals surface area contributed by atoms with E-state index in [1.54, 1.807) is 0 Å². The van der Waals surface area contributed by atoms with E-state index in [0.29, 0.717) is 6.07 Å². The Balaban J connectivity index is 3.19. The van der Waals surface area contributed by atoms with E-state index in [9.17, 15) is 22.4 Å². The first-order chi connectivity index (χ1) is 7.71. The van der Waals surface area contributed by atoms with Gasteiger partial charge in [0.2, 0.25) is 0 Å². The van der Waals surface area contributed by atoms with Crippen molar-refractivity contribution >= 4 is 5.97 Å². The van der Waals surface area contributed by atoms with E-state index in [0.717, 1.165) is 12.1 Å². The first-order valence-electron chi connectivity index (χ1n) is 4.54. The maximum atomic E-state index is 12.9. The molecule has 0 unspecified atom stereocenters. The minimum Gasteiger partial charge on any atom is -0.481 e. The Hall–Kier alpha value is -1.63. The van der Waals surface area contributed by atoms with Crippen LogP contribution in [0, 0.1) is 5.82 Å². The minimum atomic E-state index is -4.75. The molecular weight excluding hydrogens is 242 g/mol. The van der Waals surface area contributed by atoms with Crippen LogP contribution >= 0.6 is 0 Å². The van der Waals surface area contributed by atoms with Crippen molar-refractivity contribution in [1.82, 2.24) is 0 Å². The van der Waals surface area contributed by atoms with Crippen LogP contribution in [0.25, 0.3) is 0 Å². The van der Waals surface area contributed by atoms with Crippen molar-refractivity contribution in [2.24, 2.45) is 5.73 Å². The molecule has 0 heterocycles. The van der Waals surface area contributed by atoms with E-state index in [1.165, 1.54) is 0 Å². The Labute approximate surface area is 93.8 Å². The Morgan fingerprint density at radius 1 is 1.41 bits per heavy atom. The van der Waals surface area contributed by atoms with Gasteiger partial charge in [0.25, 0.3) is 0 Å². The lowest BCUT2D eigenvalue weighted by Crippen LogP contribution is -2.29. The molecule has 1 rings (SSSR count). The number of carbonyl (C=O) groups is 1. The average molecular weight is 251 g/mol. The standard InChI is InChI=1S/C10H9F4NO2/c11-6-2-1-5(3-8(16)17)7(4-6)9(15)10(12,13)14/h1-2,4,9H,3,15H2,(H,16,17)/t9-/m0/s1. The molecule has 0 saturated carbocycles. The van der Waals surface area contributed by atoms with Gasteiger partial charge in [0, 0.05) is 0 Å². The molecule has 17 heavy (non-hydrogen) atoms. The molecule has 0 radical (unpaired) electrons. The predicted molar refractivity (Wildman–Crippen MR) is 50.7 cm³/mol. The quantitative estimate of drug-likeness (QED) is 0.808. The lowest BCUT2D eigenvalue weighted by atomic mass is 9.98. The summed E-state index contributed by atoms with van der Waals surface area (Å²) < 4.78 is 50.0. The Kier molecular flexibility index (Phi) is 3.72. The molecule has 0 fully saturated rings. The summed E-state index contributed by atoms with van der Waals surface area (Å²) >= 11 is 0. The van der Waals surface area contributed by atoms with Gasteiger partial charge in [0.15, 0.2) is 0 Å². The SMILES string of the molecule is N[C@@H](c1cc(F)ccc1CC(=O)O)C(F)(F)F. The van der Waals surface area contributed by atoms with Crippen molar-refractivity contribution in [3.63, 3.8) is 0 Å². The maximum Gasteiger partial charge on any atom is 0.407 e. The number of rotatable bonds is 3. The summed E-state index contributed by atoms with van der Waals surface area (Å²) in [5, 5.41) is 8.53. The van der Waals surface area contributed by atoms with Crippen LogP contribution in [-0.2, 0) is 11.2 Å². The summed E-state index contributed by atoms with van der Waals surface area (Å²) in [5.74, 6) is -2.21. The Bertz CT molecular complexity index is 431. The van der Waals surface area contributed by atoms with Gasteiger partial charge >= 0.3 is 12.1 Å². The van der Waals surface area contributed by atoms with Crippen molar-refractivity contribution in [2.75, 3.05) is 0 Å². The molecule has 0 aliphatic rings. The molecular formula is C10H9F4NO2. The van der Waals surface area contributed by atoms with E-state index in [1.807, 2.05) is 0 Å². The molecule has 7 heteroatoms. The van der Waals surface area contributed by atoms with Crippen molar-refractivity contribution in [3.05, 3.63) is 35.1 Å². The fourth-order valence-corrected chi connectivity index (χ4v) is 1.36. The van der Waals surface area contributed by atoms with Gasteiger partial charge in [-0.1, -0.05) is 6.07 Å². The fraction of sp³-hybridized carbons (Fsp3) is 0.300. The molecule has 0 saturated heterocycles. The lowest BCUT2D eigenvalue weighted by molar-refractivity contribution is -0.149. The molecule has 0 bridgehead atoms. The fourth-order valence-electron chi connectivity index (χ4n) is 1.36. The van der Waals surface area contributed by atoms with Gasteiger partial charge in [-0.25, -0.2) is 4.39 Å². The van der Waals surface area contributed by atoms with Crippen LogP contribution in [0.4, 0.5) is 17.6 Å². The monoisotopic (exact) mass is 251 g/mol. The zero-order chi connectivity index (χ0) is 13.2. The number of carboxylic acid groups (broad SMARTS) is 1. The van der Waals surface area contributed by atoms with Crippen LogP contribution < -0.4 is 5.73 Å². The Morgan fingerprint density at radius 2 is 2.00 bits per heavy atom. The highest BCUT2D eigenvalue weighted by molar-refractivity contribution is 5.70. The highest BCUT2D eigenvalue weighted by Crippen LogP contribution is 2.32. The van der Waals surface area contributed by atoms with Crippen molar-refractivity contribution in [3.8, 4) is 0 Å². The number of benzene rings is 1. The molecule has 94 valence electrons. The molecule has 0 aliphatic carbocycles. The van der Waals surface area contributed by atoms with Crippen molar-refractivity contribution < 1.29 is 27.5 Å². The summed E-state index contributed by atoms with van der Waals surface area (Å²) in [6.07, 6.45) is -5.39. The topological polar surface area (TPSA) is 63.3 Å². The second-order valence-corrected chi connectivity index (χ2v) is 3.43. The first kappa shape index (κ1) is 13.4. The molecule has 0 aliphatic heterocycles. The minimum absolute atomic E-state index is 0.149. The highest BCUT2D eigenvalue weighted by Gasteiger charge is 2.39. The molecule has 0 aromatic heterocycles. The molecule has 0 spiro atoms. The van der Waals surface area contributed by atoms with Crippen LogP contribution in [0.3, 0.4) is 0 Å². The van der Waals surface area contributed by atoms with Gasteiger partial charge in [-0.2, -0.15) is 13.2 Å². The summed E-state index contributed by atoms with van der Waals surface area (Å²) in [7, 11) is 0. The summed E-state index contributed by atoms with van der Waals surface area (Å²) in [6, 6.07) is 0.0960. The number of carboxylic acids is 1. The predicted octanol–water partition coefficient (Wildman–Crippen LogP) is 2.01. The van der Waals surface area contributed by atoms with Gasteiger partial charge in [-0.05, 0) is 23.3 Å². The van der Waals surface area contributed by atoms with Gasteiger partial charge in [0.1, 0.15) is 11.9 Å². The second kappa shape index (κ2) is 4.70. The van der Waals surface area contributed by atoms with Crippen molar-refractivity contribution in [2.45, 2.75) is 18.6 Å². The number of hydrogen-bond donors (Lipinski definition) is 2. The van der Waals surface area contributed by atoms with Gasteiger partial charge in [-0.3, -0.25) is 4.79 Å². The van der Waals surface area contributed by atoms with Crippen LogP contribution in [0.2, 0.25) is 0 Å². The lowest BCUT2D eigenvalue weighted by Gasteiger charge is -2.18. The zero-order valence-electron chi connectivity index (χ0n) is 8.46. The molecule has 1 aromatic rings. The first-order valence-corrected chi connectivity index (χ1v) is 4.54. The third-order valence-electron chi connectivity index (χ3n) is 2.14. The number of aliphatic carboxylic acids is 1. The van der Waals surface area contributed by atoms with E-state index in [2.05, 4.69) is 0 Å². The molecule has 1 atom stereocenters. The molecule has 3 N–H and O–H groups in total. The van der Waals surface area contributed by atoms with Crippen molar-refractivity contribution in [1.29, 1.82) is 0 Å². The van der Waals surface area contributed by atoms with Gasteiger partial charge < -0.3 is 10.8 Å². The maximum absolute atomic E-state index is 12.9. The number of alkyl halides is 3. The van der Waals surface area contributed by atoms with E-state index >= 15 is 0 Å². The largest absolute Gasteiger partial charge is 0.481 e. The summed E-state index contributed by atoms with van der Waals surface area (Å²) in [4.78, 5) is 10.5. The molecule has 1 aromatic carbocycles. The smallest absolute Gasteiger partial charge is 0.407 e. The summed E-state index contributed by atoms with van der Waals surface area (Å²) in [5.41, 5.74) is 4.23. The normalized spacial score (nSPS) is 13.5. The van der Waals surface area contributed by atoms with E-state index in [-0.39, 0.29) is 5.56 Å². The van der Waals surface area contributed by atoms with E-state index in [4.69, 9.17) is 10.8 Å². The second-order valence-electron chi connectivity index (χ2n) is 3.43. The number of halogens is 4.